The van der Waals surface area contributed by atoms with Crippen molar-refractivity contribution < 1.29 is 19.1 Å². The van der Waals surface area contributed by atoms with E-state index in [4.69, 9.17) is 21.1 Å². The number of aryl methyl sites for hydroxylation is 2. The Labute approximate surface area is 223 Å². The first-order valence-electron chi connectivity index (χ1n) is 12.6. The van der Waals surface area contributed by atoms with E-state index in [1.807, 2.05) is 25.1 Å². The molecule has 0 aliphatic heterocycles. The molecule has 2 heterocycles. The van der Waals surface area contributed by atoms with E-state index in [9.17, 15) is 9.59 Å². The minimum Gasteiger partial charge on any atom is -0.493 e. The maximum absolute atomic E-state index is 12.9. The van der Waals surface area contributed by atoms with E-state index < -0.39 is 5.97 Å². The lowest BCUT2D eigenvalue weighted by atomic mass is 9.99. The second-order valence-electron chi connectivity index (χ2n) is 9.04. The van der Waals surface area contributed by atoms with Crippen LogP contribution in [0.25, 0.3) is 0 Å². The summed E-state index contributed by atoms with van der Waals surface area (Å²) in [6.45, 7) is 4.20. The zero-order chi connectivity index (χ0) is 26.6. The number of nitrogens with zero attached hydrogens (tertiary/aromatic N) is 2. The number of carbonyl (C=O) groups excluding carboxylic acids is 2. The monoisotopic (exact) mass is 523 g/mol. The number of ketones is 1. The average Bonchev–Trinajstić information content (AvgIpc) is 2.88. The number of carbonyl (C=O) groups is 2. The van der Waals surface area contributed by atoms with Crippen molar-refractivity contribution in [2.24, 2.45) is 0 Å². The zero-order valence-corrected chi connectivity index (χ0v) is 22.4. The van der Waals surface area contributed by atoms with Crippen LogP contribution in [0.4, 0.5) is 5.82 Å². The SMILES string of the molecule is CCCCCC(CC(=O)CCc1ccc(OC(=O)c2ccc(Cl)nc2)c(OC)c1)Nc1cc(C)ccn1. The Hall–Kier alpha value is -3.45. The minimum atomic E-state index is -0.560. The molecule has 0 saturated carbocycles. The summed E-state index contributed by atoms with van der Waals surface area (Å²) < 4.78 is 10.9. The fourth-order valence-corrected chi connectivity index (χ4v) is 4.07. The molecule has 1 atom stereocenters. The Morgan fingerprint density at radius 3 is 2.59 bits per heavy atom. The van der Waals surface area contributed by atoms with Crippen LogP contribution >= 0.6 is 11.6 Å². The summed E-state index contributed by atoms with van der Waals surface area (Å²) in [6.07, 6.45) is 8.82. The van der Waals surface area contributed by atoms with Gasteiger partial charge in [-0.3, -0.25) is 4.79 Å². The van der Waals surface area contributed by atoms with Gasteiger partial charge in [0.2, 0.25) is 0 Å². The molecule has 1 aromatic carbocycles. The fourth-order valence-electron chi connectivity index (χ4n) is 3.96. The molecule has 0 spiro atoms. The van der Waals surface area contributed by atoms with Crippen LogP contribution in [0.2, 0.25) is 5.15 Å². The second-order valence-corrected chi connectivity index (χ2v) is 9.43. The largest absolute Gasteiger partial charge is 0.493 e. The molecule has 0 saturated heterocycles. The molecule has 7 nitrogen and oxygen atoms in total. The van der Waals surface area contributed by atoms with Crippen molar-refractivity contribution in [2.75, 3.05) is 12.4 Å². The molecule has 0 amide bonds. The second kappa shape index (κ2) is 14.3. The van der Waals surface area contributed by atoms with Crippen molar-refractivity contribution in [1.82, 2.24) is 9.97 Å². The van der Waals surface area contributed by atoms with Crippen LogP contribution in [-0.2, 0) is 11.2 Å². The fraction of sp³-hybridized carbons (Fsp3) is 0.379. The van der Waals surface area contributed by atoms with Gasteiger partial charge in [-0.05, 0) is 67.3 Å². The number of aromatic nitrogens is 2. The molecule has 1 unspecified atom stereocenters. The smallest absolute Gasteiger partial charge is 0.345 e. The number of anilines is 1. The highest BCUT2D eigenvalue weighted by Gasteiger charge is 2.16. The molecule has 0 fully saturated rings. The van der Waals surface area contributed by atoms with Crippen LogP contribution < -0.4 is 14.8 Å². The van der Waals surface area contributed by atoms with Crippen LogP contribution in [0.1, 0.15) is 66.9 Å². The molecule has 1 N–H and O–H groups in total. The number of benzene rings is 1. The molecular weight excluding hydrogens is 490 g/mol. The van der Waals surface area contributed by atoms with Crippen molar-refractivity contribution in [3.05, 3.63) is 76.7 Å². The van der Waals surface area contributed by atoms with Gasteiger partial charge in [0.1, 0.15) is 16.8 Å². The standard InChI is InChI=1S/C29H34ClN3O4/c1-4-5-6-7-23(33-28-16-20(2)14-15-31-28)18-24(34)11-8-21-9-12-25(26(17-21)36-3)37-29(35)22-10-13-27(30)32-19-22/h9-10,12-17,19,23H,4-8,11,18H2,1-3H3,(H,31,33). The molecule has 0 radical (unpaired) electrons. The van der Waals surface area contributed by atoms with Gasteiger partial charge < -0.3 is 14.8 Å². The summed E-state index contributed by atoms with van der Waals surface area (Å²) >= 11 is 5.78. The third-order valence-electron chi connectivity index (χ3n) is 5.98. The van der Waals surface area contributed by atoms with Crippen LogP contribution in [0.5, 0.6) is 11.5 Å². The van der Waals surface area contributed by atoms with Crippen molar-refractivity contribution in [3.63, 3.8) is 0 Å². The molecule has 0 bridgehead atoms. The Morgan fingerprint density at radius 2 is 1.89 bits per heavy atom. The van der Waals surface area contributed by atoms with Gasteiger partial charge in [0.25, 0.3) is 0 Å². The molecule has 3 rings (SSSR count). The van der Waals surface area contributed by atoms with Crippen LogP contribution in [-0.4, -0.2) is 34.9 Å². The summed E-state index contributed by atoms with van der Waals surface area (Å²) in [6, 6.07) is 12.4. The summed E-state index contributed by atoms with van der Waals surface area (Å²) in [7, 11) is 1.51. The number of pyridine rings is 2. The summed E-state index contributed by atoms with van der Waals surface area (Å²) in [5.74, 6) is 1.15. The van der Waals surface area contributed by atoms with E-state index in [1.165, 1.54) is 19.4 Å². The first-order chi connectivity index (χ1) is 17.9. The molecule has 8 heteroatoms. The van der Waals surface area contributed by atoms with Gasteiger partial charge in [0, 0.05) is 31.3 Å². The molecule has 0 aliphatic rings. The predicted molar refractivity (Wildman–Crippen MR) is 146 cm³/mol. The minimum absolute atomic E-state index is 0.0482. The van der Waals surface area contributed by atoms with E-state index in [2.05, 4.69) is 22.2 Å². The zero-order valence-electron chi connectivity index (χ0n) is 21.6. The predicted octanol–water partition coefficient (Wildman–Crippen LogP) is 6.62. The average molecular weight is 524 g/mol. The normalized spacial score (nSPS) is 11.6. The number of esters is 1. The van der Waals surface area contributed by atoms with E-state index in [1.54, 1.807) is 24.4 Å². The Morgan fingerprint density at radius 1 is 1.05 bits per heavy atom. The van der Waals surface area contributed by atoms with Gasteiger partial charge in [0.15, 0.2) is 11.5 Å². The van der Waals surface area contributed by atoms with Crippen molar-refractivity contribution in [2.45, 2.75) is 64.8 Å². The molecule has 2 aromatic heterocycles. The van der Waals surface area contributed by atoms with Crippen molar-refractivity contribution in [3.8, 4) is 11.5 Å². The molecular formula is C29H34ClN3O4. The highest BCUT2D eigenvalue weighted by atomic mass is 35.5. The van der Waals surface area contributed by atoms with Crippen molar-refractivity contribution >= 4 is 29.2 Å². The topological polar surface area (TPSA) is 90.4 Å². The molecule has 196 valence electrons. The van der Waals surface area contributed by atoms with Gasteiger partial charge in [-0.15, -0.1) is 0 Å². The van der Waals surface area contributed by atoms with Gasteiger partial charge >= 0.3 is 5.97 Å². The third-order valence-corrected chi connectivity index (χ3v) is 6.21. The van der Waals surface area contributed by atoms with Crippen LogP contribution in [0.3, 0.4) is 0 Å². The van der Waals surface area contributed by atoms with Gasteiger partial charge in [-0.25, -0.2) is 14.8 Å². The number of unbranched alkanes of at least 4 members (excludes halogenated alkanes) is 2. The van der Waals surface area contributed by atoms with Crippen LogP contribution in [0.15, 0.2) is 54.9 Å². The number of halogens is 1. The number of Topliss-reactive ketones (excluding diaryl/α,β-unsaturated/α-hetero) is 1. The summed E-state index contributed by atoms with van der Waals surface area (Å²) in [5.41, 5.74) is 2.34. The quantitative estimate of drug-likeness (QED) is 0.110. The summed E-state index contributed by atoms with van der Waals surface area (Å²) in [4.78, 5) is 33.6. The summed E-state index contributed by atoms with van der Waals surface area (Å²) in [5, 5.41) is 3.75. The Kier molecular flexibility index (Phi) is 10.9. The van der Waals surface area contributed by atoms with Gasteiger partial charge in [-0.1, -0.05) is 43.9 Å². The number of nitrogens with one attached hydrogen (secondary N) is 1. The molecule has 0 aliphatic carbocycles. The Balaban J connectivity index is 1.58. The van der Waals surface area contributed by atoms with Crippen molar-refractivity contribution in [1.29, 1.82) is 0 Å². The lowest BCUT2D eigenvalue weighted by Crippen LogP contribution is -2.24. The first kappa shape index (κ1) is 28.1. The van der Waals surface area contributed by atoms with Gasteiger partial charge in [-0.2, -0.15) is 0 Å². The molecule has 3 aromatic rings. The maximum Gasteiger partial charge on any atom is 0.345 e. The van der Waals surface area contributed by atoms with Gasteiger partial charge in [0.05, 0.1) is 12.7 Å². The lowest BCUT2D eigenvalue weighted by Gasteiger charge is -2.19. The number of ether oxygens (including phenoxy) is 2. The maximum atomic E-state index is 12.9. The Bertz CT molecular complexity index is 1180. The lowest BCUT2D eigenvalue weighted by molar-refractivity contribution is -0.119. The number of hydrogen-bond donors (Lipinski definition) is 1. The van der Waals surface area contributed by atoms with E-state index in [0.717, 1.165) is 42.6 Å². The van der Waals surface area contributed by atoms with E-state index >= 15 is 0 Å². The van der Waals surface area contributed by atoms with E-state index in [0.29, 0.717) is 35.9 Å². The number of rotatable bonds is 14. The highest BCUT2D eigenvalue weighted by molar-refractivity contribution is 6.29. The van der Waals surface area contributed by atoms with Crippen LogP contribution in [0, 0.1) is 6.92 Å². The number of hydrogen-bond acceptors (Lipinski definition) is 7. The third kappa shape index (κ3) is 9.17. The number of methoxy groups -OCH3 is 1. The molecule has 37 heavy (non-hydrogen) atoms. The van der Waals surface area contributed by atoms with E-state index in [-0.39, 0.29) is 17.4 Å². The first-order valence-corrected chi connectivity index (χ1v) is 13.0. The highest BCUT2D eigenvalue weighted by Crippen LogP contribution is 2.29.